The third-order valence-electron chi connectivity index (χ3n) is 6.90. The van der Waals surface area contributed by atoms with Gasteiger partial charge in [0.05, 0.1) is 11.9 Å². The van der Waals surface area contributed by atoms with Gasteiger partial charge < -0.3 is 13.7 Å². The van der Waals surface area contributed by atoms with Crippen molar-refractivity contribution in [2.24, 2.45) is 0 Å². The molecule has 5 aromatic rings. The van der Waals surface area contributed by atoms with Crippen LogP contribution >= 0.6 is 0 Å². The molecule has 11 nitrogen and oxygen atoms in total. The lowest BCUT2D eigenvalue weighted by atomic mass is 10.0. The molecule has 3 aromatic carbocycles. The van der Waals surface area contributed by atoms with E-state index >= 15 is 0 Å². The van der Waals surface area contributed by atoms with Crippen molar-refractivity contribution in [1.82, 2.24) is 25.0 Å². The number of carbonyl (C=O) groups is 1. The molecule has 1 aliphatic rings. The number of amides is 1. The molecular formula is C29H28N6O5S. The maximum atomic E-state index is 13.5. The number of piperazine rings is 1. The monoisotopic (exact) mass is 572 g/mol. The molecule has 0 aliphatic carbocycles. The lowest BCUT2D eigenvalue weighted by Gasteiger charge is -2.38. The van der Waals surface area contributed by atoms with Gasteiger partial charge in [0.2, 0.25) is 27.7 Å². The van der Waals surface area contributed by atoms with E-state index in [9.17, 15) is 13.2 Å². The van der Waals surface area contributed by atoms with Crippen LogP contribution in [0.1, 0.15) is 33.7 Å². The second-order valence-electron chi connectivity index (χ2n) is 9.96. The van der Waals surface area contributed by atoms with Gasteiger partial charge in [0, 0.05) is 44.2 Å². The van der Waals surface area contributed by atoms with E-state index in [4.69, 9.17) is 8.83 Å². The van der Waals surface area contributed by atoms with Crippen molar-refractivity contribution in [2.75, 3.05) is 37.2 Å². The number of aryl methyl sites for hydroxylation is 1. The third-order valence-corrected chi connectivity index (χ3v) is 7.51. The highest BCUT2D eigenvalue weighted by Gasteiger charge is 2.31. The Morgan fingerprint density at radius 1 is 0.927 bits per heavy atom. The molecule has 1 unspecified atom stereocenters. The fraction of sp³-hybridized carbons (Fsp3) is 0.241. The Morgan fingerprint density at radius 3 is 2.41 bits per heavy atom. The van der Waals surface area contributed by atoms with E-state index in [2.05, 4.69) is 24.8 Å². The van der Waals surface area contributed by atoms with Gasteiger partial charge in [-0.15, -0.1) is 10.2 Å². The molecule has 1 aliphatic heterocycles. The molecule has 1 saturated heterocycles. The van der Waals surface area contributed by atoms with Crippen LogP contribution in [0.4, 0.5) is 5.69 Å². The molecule has 0 radical (unpaired) electrons. The Kier molecular flexibility index (Phi) is 7.01. The molecule has 1 fully saturated rings. The van der Waals surface area contributed by atoms with Crippen LogP contribution < -0.4 is 4.72 Å². The van der Waals surface area contributed by atoms with E-state index in [0.717, 1.165) is 11.8 Å². The maximum absolute atomic E-state index is 13.5. The summed E-state index contributed by atoms with van der Waals surface area (Å²) >= 11 is 0. The summed E-state index contributed by atoms with van der Waals surface area (Å²) < 4.78 is 37.3. The Morgan fingerprint density at radius 2 is 1.71 bits per heavy atom. The number of sulfonamides is 1. The largest absolute Gasteiger partial charge is 0.436 e. The molecule has 1 amide bonds. The van der Waals surface area contributed by atoms with Crippen LogP contribution in [0.3, 0.4) is 0 Å². The van der Waals surface area contributed by atoms with Gasteiger partial charge in [0.25, 0.3) is 5.91 Å². The van der Waals surface area contributed by atoms with Gasteiger partial charge in [0.1, 0.15) is 11.6 Å². The number of nitrogens with zero attached hydrogens (tertiary/aromatic N) is 5. The summed E-state index contributed by atoms with van der Waals surface area (Å²) in [5.41, 5.74) is 3.65. The zero-order chi connectivity index (χ0) is 28.6. The second kappa shape index (κ2) is 10.8. The minimum Gasteiger partial charge on any atom is -0.436 e. The molecule has 41 heavy (non-hydrogen) atoms. The highest BCUT2D eigenvalue weighted by molar-refractivity contribution is 7.92. The third kappa shape index (κ3) is 5.83. The van der Waals surface area contributed by atoms with Gasteiger partial charge in [-0.05, 0) is 42.0 Å². The summed E-state index contributed by atoms with van der Waals surface area (Å²) in [5.74, 6) is 1.32. The summed E-state index contributed by atoms with van der Waals surface area (Å²) in [7, 11) is -3.42. The summed E-state index contributed by atoms with van der Waals surface area (Å²) in [4.78, 5) is 22.1. The first-order valence-corrected chi connectivity index (χ1v) is 15.0. The Hall–Kier alpha value is -4.55. The van der Waals surface area contributed by atoms with E-state index in [1.54, 1.807) is 43.3 Å². The maximum Gasteiger partial charge on any atom is 0.253 e. The summed E-state index contributed by atoms with van der Waals surface area (Å²) in [6.45, 7) is 4.14. The van der Waals surface area contributed by atoms with Crippen molar-refractivity contribution in [3.63, 3.8) is 0 Å². The van der Waals surface area contributed by atoms with Crippen molar-refractivity contribution in [3.05, 3.63) is 95.7 Å². The highest BCUT2D eigenvalue weighted by atomic mass is 32.2. The van der Waals surface area contributed by atoms with Crippen LogP contribution in [-0.2, 0) is 10.0 Å². The number of aromatic nitrogens is 3. The Balaban J connectivity index is 1.18. The van der Waals surface area contributed by atoms with Crippen molar-refractivity contribution in [2.45, 2.75) is 13.0 Å². The standard InChI is InChI=1S/C29H28N6O5S/c1-19-31-32-28(39-19)26(20-7-4-3-5-8-20)34-13-15-35(16-14-34)29(36)22-10-6-9-21(17-22)27-30-24-18-23(33-41(2,37)38)11-12-25(24)40-27/h3-12,17-18,26,33H,13-16H2,1-2H3. The number of hydrogen-bond acceptors (Lipinski definition) is 9. The van der Waals surface area contributed by atoms with Crippen molar-refractivity contribution < 1.29 is 22.0 Å². The SMILES string of the molecule is Cc1nnc(C(c2ccccc2)N2CCN(C(=O)c3cccc(-c4nc5cc(NS(C)(=O)=O)ccc5o4)c3)CC2)o1. The molecule has 0 bridgehead atoms. The summed E-state index contributed by atoms with van der Waals surface area (Å²) in [6.07, 6.45) is 1.09. The van der Waals surface area contributed by atoms with E-state index < -0.39 is 10.0 Å². The first-order valence-electron chi connectivity index (χ1n) is 13.1. The number of fused-ring (bicyclic) bond motifs is 1. The quantitative estimate of drug-likeness (QED) is 0.306. The van der Waals surface area contributed by atoms with Gasteiger partial charge in [-0.2, -0.15) is 0 Å². The lowest BCUT2D eigenvalue weighted by molar-refractivity contribution is 0.0578. The molecule has 0 spiro atoms. The molecule has 3 heterocycles. The predicted molar refractivity (Wildman–Crippen MR) is 153 cm³/mol. The second-order valence-corrected chi connectivity index (χ2v) is 11.7. The molecule has 2 aromatic heterocycles. The smallest absolute Gasteiger partial charge is 0.253 e. The van der Waals surface area contributed by atoms with Gasteiger partial charge in [-0.25, -0.2) is 13.4 Å². The number of hydrogen-bond donors (Lipinski definition) is 1. The first kappa shape index (κ1) is 26.7. The number of anilines is 1. The van der Waals surface area contributed by atoms with E-state index in [0.29, 0.717) is 71.8 Å². The van der Waals surface area contributed by atoms with Crippen molar-refractivity contribution in [1.29, 1.82) is 0 Å². The molecule has 210 valence electrons. The van der Waals surface area contributed by atoms with Gasteiger partial charge in [-0.3, -0.25) is 14.4 Å². The lowest BCUT2D eigenvalue weighted by Crippen LogP contribution is -2.50. The van der Waals surface area contributed by atoms with Gasteiger partial charge in [-0.1, -0.05) is 36.4 Å². The number of oxazole rings is 1. The number of benzene rings is 3. The Bertz CT molecular complexity index is 1810. The molecule has 6 rings (SSSR count). The molecule has 12 heteroatoms. The van der Waals surface area contributed by atoms with E-state index in [1.807, 2.05) is 41.3 Å². The van der Waals surface area contributed by atoms with Crippen molar-refractivity contribution >= 4 is 32.7 Å². The molecule has 0 saturated carbocycles. The van der Waals surface area contributed by atoms with Crippen LogP contribution in [0, 0.1) is 6.92 Å². The summed E-state index contributed by atoms with van der Waals surface area (Å²) in [6, 6.07) is 21.9. The van der Waals surface area contributed by atoms with Gasteiger partial charge >= 0.3 is 0 Å². The zero-order valence-corrected chi connectivity index (χ0v) is 23.3. The van der Waals surface area contributed by atoms with E-state index in [-0.39, 0.29) is 11.9 Å². The number of nitrogens with one attached hydrogen (secondary N) is 1. The highest BCUT2D eigenvalue weighted by Crippen LogP contribution is 2.30. The first-order chi connectivity index (χ1) is 19.7. The molecular weight excluding hydrogens is 544 g/mol. The van der Waals surface area contributed by atoms with Crippen LogP contribution in [0.15, 0.2) is 81.6 Å². The fourth-order valence-corrected chi connectivity index (χ4v) is 5.60. The van der Waals surface area contributed by atoms with Crippen LogP contribution in [0.2, 0.25) is 0 Å². The Labute approximate surface area is 236 Å². The van der Waals surface area contributed by atoms with Crippen molar-refractivity contribution in [3.8, 4) is 11.5 Å². The van der Waals surface area contributed by atoms with Crippen LogP contribution in [0.5, 0.6) is 0 Å². The molecule has 1 atom stereocenters. The molecule has 1 N–H and O–H groups in total. The minimum atomic E-state index is -3.42. The zero-order valence-electron chi connectivity index (χ0n) is 22.5. The van der Waals surface area contributed by atoms with Gasteiger partial charge in [0.15, 0.2) is 5.58 Å². The average Bonchev–Trinajstić information content (AvgIpc) is 3.59. The summed E-state index contributed by atoms with van der Waals surface area (Å²) in [5, 5.41) is 8.32. The fourth-order valence-electron chi connectivity index (χ4n) is 5.05. The topological polar surface area (TPSA) is 135 Å². The minimum absolute atomic E-state index is 0.0767. The van der Waals surface area contributed by atoms with Crippen LogP contribution in [-0.4, -0.2) is 71.7 Å². The normalized spacial score (nSPS) is 15.2. The number of rotatable bonds is 7. The average molecular weight is 573 g/mol. The van der Waals surface area contributed by atoms with Crippen LogP contribution in [0.25, 0.3) is 22.6 Å². The predicted octanol–water partition coefficient (Wildman–Crippen LogP) is 4.11. The number of carbonyl (C=O) groups excluding carboxylic acids is 1. The van der Waals surface area contributed by atoms with E-state index in [1.165, 1.54) is 0 Å².